The topological polar surface area (TPSA) is 46.2 Å². The van der Waals surface area contributed by atoms with E-state index in [4.69, 9.17) is 23.7 Å². The molecule has 0 unspecified atom stereocenters. The van der Waals surface area contributed by atoms with Gasteiger partial charge in [0.25, 0.3) is 0 Å². The number of rotatable bonds is 11. The minimum Gasteiger partial charge on any atom is -0.368 e. The van der Waals surface area contributed by atoms with Crippen molar-refractivity contribution in [3.63, 3.8) is 0 Å². The van der Waals surface area contributed by atoms with E-state index in [-0.39, 0.29) is 24.4 Å². The van der Waals surface area contributed by atoms with Crippen LogP contribution in [-0.4, -0.2) is 36.8 Å². The van der Waals surface area contributed by atoms with E-state index in [0.29, 0.717) is 31.7 Å². The van der Waals surface area contributed by atoms with Gasteiger partial charge in [-0.2, -0.15) is 0 Å². The molecule has 1 saturated carbocycles. The Balaban J connectivity index is 1.39. The van der Waals surface area contributed by atoms with Crippen LogP contribution in [0.25, 0.3) is 0 Å². The third-order valence-electron chi connectivity index (χ3n) is 7.98. The third-order valence-corrected chi connectivity index (χ3v) is 7.98. The Morgan fingerprint density at radius 3 is 1.60 bits per heavy atom. The van der Waals surface area contributed by atoms with Gasteiger partial charge in [0.2, 0.25) is 0 Å². The molecule has 2 aliphatic rings. The number of benzene rings is 3. The van der Waals surface area contributed by atoms with Crippen LogP contribution in [-0.2, 0) is 43.5 Å². The molecule has 5 nitrogen and oxygen atoms in total. The van der Waals surface area contributed by atoms with Crippen LogP contribution in [0.3, 0.4) is 0 Å². The van der Waals surface area contributed by atoms with Crippen LogP contribution in [0.15, 0.2) is 91.0 Å². The average molecular weight is 544 g/mol. The summed E-state index contributed by atoms with van der Waals surface area (Å²) in [6.07, 6.45) is 2.47. The molecule has 1 aliphatic carbocycles. The lowest BCUT2D eigenvalue weighted by molar-refractivity contribution is -0.329. The molecule has 8 atom stereocenters. The van der Waals surface area contributed by atoms with Crippen LogP contribution >= 0.6 is 0 Å². The first-order valence-electron chi connectivity index (χ1n) is 14.7. The summed E-state index contributed by atoms with van der Waals surface area (Å²) in [5.41, 5.74) is 3.30. The molecule has 213 valence electrons. The Morgan fingerprint density at radius 2 is 1.10 bits per heavy atom. The molecule has 40 heavy (non-hydrogen) atoms. The second-order valence-electron chi connectivity index (χ2n) is 11.4. The highest BCUT2D eigenvalue weighted by Crippen LogP contribution is 2.36. The number of ether oxygens (including phenoxy) is 5. The van der Waals surface area contributed by atoms with E-state index in [1.807, 2.05) is 54.6 Å². The Labute approximate surface area is 239 Å². The van der Waals surface area contributed by atoms with E-state index in [0.717, 1.165) is 29.5 Å². The molecule has 3 aromatic carbocycles. The van der Waals surface area contributed by atoms with Gasteiger partial charge in [-0.25, -0.2) is 0 Å². The van der Waals surface area contributed by atoms with E-state index in [9.17, 15) is 0 Å². The summed E-state index contributed by atoms with van der Waals surface area (Å²) in [6.45, 7) is 7.96. The van der Waals surface area contributed by atoms with Crippen molar-refractivity contribution in [3.05, 3.63) is 114 Å². The number of hydrogen-bond acceptors (Lipinski definition) is 5. The zero-order valence-electron chi connectivity index (χ0n) is 23.9. The maximum absolute atomic E-state index is 6.72. The Kier molecular flexibility index (Phi) is 10.4. The molecule has 0 amide bonds. The van der Waals surface area contributed by atoms with Gasteiger partial charge in [-0.3, -0.25) is 0 Å². The second kappa shape index (κ2) is 14.4. The largest absolute Gasteiger partial charge is 0.368 e. The normalized spacial score (nSPS) is 30.7. The summed E-state index contributed by atoms with van der Waals surface area (Å²) in [5.74, 6) is 1.08. The predicted octanol–water partition coefficient (Wildman–Crippen LogP) is 7.14. The molecule has 3 aromatic rings. The first-order valence-corrected chi connectivity index (χ1v) is 14.7. The number of hydrogen-bond donors (Lipinski definition) is 0. The van der Waals surface area contributed by atoms with Crippen molar-refractivity contribution in [2.45, 2.75) is 90.2 Å². The molecule has 1 aliphatic heterocycles. The van der Waals surface area contributed by atoms with Crippen molar-refractivity contribution in [1.29, 1.82) is 0 Å². The molecule has 5 heteroatoms. The summed E-state index contributed by atoms with van der Waals surface area (Å²) in [5, 5.41) is 0. The Hall–Kier alpha value is -2.54. The Bertz CT molecular complexity index is 1120. The second-order valence-corrected chi connectivity index (χ2v) is 11.4. The molecule has 1 heterocycles. The van der Waals surface area contributed by atoms with E-state index in [1.54, 1.807) is 0 Å². The maximum Gasteiger partial charge on any atom is 0.187 e. The van der Waals surface area contributed by atoms with Crippen LogP contribution in [0.4, 0.5) is 0 Å². The van der Waals surface area contributed by atoms with E-state index in [2.05, 4.69) is 63.6 Å². The minimum absolute atomic E-state index is 0.00721. The van der Waals surface area contributed by atoms with Crippen LogP contribution in [0.5, 0.6) is 0 Å². The van der Waals surface area contributed by atoms with Crippen LogP contribution < -0.4 is 0 Å². The van der Waals surface area contributed by atoms with Gasteiger partial charge >= 0.3 is 0 Å². The van der Waals surface area contributed by atoms with Crippen molar-refractivity contribution in [2.75, 3.05) is 0 Å². The van der Waals surface area contributed by atoms with Crippen molar-refractivity contribution in [2.24, 2.45) is 11.8 Å². The maximum atomic E-state index is 6.72. The van der Waals surface area contributed by atoms with Crippen LogP contribution in [0.2, 0.25) is 0 Å². The van der Waals surface area contributed by atoms with Gasteiger partial charge in [0.1, 0.15) is 18.3 Å². The van der Waals surface area contributed by atoms with Crippen molar-refractivity contribution < 1.29 is 23.7 Å². The summed E-state index contributed by atoms with van der Waals surface area (Å²) in [7, 11) is 0. The lowest BCUT2D eigenvalue weighted by Crippen LogP contribution is -2.60. The van der Waals surface area contributed by atoms with Gasteiger partial charge in [0, 0.05) is 0 Å². The SMILES string of the molecule is C[C@@H]1C[CH][C@@H](O[C@@H]2O[C@H](C)[C@H](OCc3ccccc3)[C@H](OCc3ccccc3)[C@H]2OCc2ccccc2)[C@@H](C)C1. The fraction of sp³-hybridized carbons (Fsp3) is 0.457. The van der Waals surface area contributed by atoms with Gasteiger partial charge in [0.05, 0.1) is 32.0 Å². The fourth-order valence-electron chi connectivity index (χ4n) is 5.79. The standard InChI is InChI=1S/C35H43O5/c1-25-19-20-31(26(2)21-25)40-35-34(38-24-30-17-11-6-12-18-30)33(37-23-29-15-9-5-10-16-29)32(27(3)39-35)36-22-28-13-7-4-8-14-28/h4-18,20,25-27,31-35H,19,21-24H2,1-3H3/t25-,26+,27-,31-,32+,33+,34-,35+/m1/s1. The zero-order valence-corrected chi connectivity index (χ0v) is 23.9. The minimum atomic E-state index is -0.576. The fourth-order valence-corrected chi connectivity index (χ4v) is 5.79. The third kappa shape index (κ3) is 7.80. The van der Waals surface area contributed by atoms with E-state index < -0.39 is 12.4 Å². The molecular formula is C35H43O5. The molecular weight excluding hydrogens is 500 g/mol. The molecule has 5 rings (SSSR count). The molecule has 0 N–H and O–H groups in total. The molecule has 1 radical (unpaired) electrons. The highest BCUT2D eigenvalue weighted by molar-refractivity contribution is 5.15. The van der Waals surface area contributed by atoms with Crippen molar-refractivity contribution >= 4 is 0 Å². The zero-order chi connectivity index (χ0) is 27.7. The summed E-state index contributed by atoms with van der Waals surface area (Å²) >= 11 is 0. The van der Waals surface area contributed by atoms with Gasteiger partial charge in [-0.15, -0.1) is 0 Å². The summed E-state index contributed by atoms with van der Waals surface area (Å²) in [4.78, 5) is 0. The highest BCUT2D eigenvalue weighted by atomic mass is 16.7. The Morgan fingerprint density at radius 1 is 0.625 bits per heavy atom. The van der Waals surface area contributed by atoms with Crippen LogP contribution in [0.1, 0.15) is 50.3 Å². The molecule has 0 spiro atoms. The molecule has 2 fully saturated rings. The molecule has 1 saturated heterocycles. The van der Waals surface area contributed by atoms with Gasteiger partial charge in [-0.05, 0) is 54.7 Å². The van der Waals surface area contributed by atoms with Gasteiger partial charge in [-0.1, -0.05) is 105 Å². The van der Waals surface area contributed by atoms with Crippen molar-refractivity contribution in [3.8, 4) is 0 Å². The first kappa shape index (κ1) is 29.0. The molecule has 0 bridgehead atoms. The lowest BCUT2D eigenvalue weighted by atomic mass is 9.81. The van der Waals surface area contributed by atoms with E-state index >= 15 is 0 Å². The van der Waals surface area contributed by atoms with Gasteiger partial charge < -0.3 is 23.7 Å². The first-order chi connectivity index (χ1) is 19.6. The highest BCUT2D eigenvalue weighted by Gasteiger charge is 2.48. The smallest absolute Gasteiger partial charge is 0.187 e. The van der Waals surface area contributed by atoms with Crippen molar-refractivity contribution in [1.82, 2.24) is 0 Å². The quantitative estimate of drug-likeness (QED) is 0.257. The van der Waals surface area contributed by atoms with Crippen LogP contribution in [0, 0.1) is 18.3 Å². The van der Waals surface area contributed by atoms with Gasteiger partial charge in [0.15, 0.2) is 6.29 Å². The lowest BCUT2D eigenvalue weighted by Gasteiger charge is -2.47. The average Bonchev–Trinajstić information content (AvgIpc) is 2.98. The summed E-state index contributed by atoms with van der Waals surface area (Å²) in [6, 6.07) is 30.7. The monoisotopic (exact) mass is 543 g/mol. The van der Waals surface area contributed by atoms with E-state index in [1.165, 1.54) is 0 Å². The molecule has 0 aromatic heterocycles. The predicted molar refractivity (Wildman–Crippen MR) is 156 cm³/mol. The summed E-state index contributed by atoms with van der Waals surface area (Å²) < 4.78 is 33.2.